The van der Waals surface area contributed by atoms with Crippen LogP contribution in [0.25, 0.3) is 11.0 Å². The molecule has 1 atom stereocenters. The fourth-order valence-electron chi connectivity index (χ4n) is 2.61. The topological polar surface area (TPSA) is 85.6 Å². The highest BCUT2D eigenvalue weighted by Crippen LogP contribution is 2.21. The predicted octanol–water partition coefficient (Wildman–Crippen LogP) is 4.25. The van der Waals surface area contributed by atoms with Crippen LogP contribution in [-0.2, 0) is 9.53 Å². The van der Waals surface area contributed by atoms with E-state index in [9.17, 15) is 14.4 Å². The molecule has 0 fully saturated rings. The second-order valence-electron chi connectivity index (χ2n) is 6.47. The third kappa shape index (κ3) is 4.23. The minimum atomic E-state index is -1.11. The quantitative estimate of drug-likeness (QED) is 0.663. The van der Waals surface area contributed by atoms with E-state index in [0.29, 0.717) is 16.1 Å². The van der Waals surface area contributed by atoms with Crippen molar-refractivity contribution >= 4 is 40.1 Å². The van der Waals surface area contributed by atoms with Crippen LogP contribution in [-0.4, -0.2) is 18.0 Å². The number of carbonyl (C=O) groups is 2. The van der Waals surface area contributed by atoms with Gasteiger partial charge in [0.05, 0.1) is 5.39 Å². The Kier molecular flexibility index (Phi) is 5.51. The van der Waals surface area contributed by atoms with Crippen LogP contribution >= 0.6 is 11.6 Å². The number of fused-ring (bicyclic) bond motifs is 1. The van der Waals surface area contributed by atoms with Crippen LogP contribution < -0.4 is 10.7 Å². The molecule has 3 rings (SSSR count). The van der Waals surface area contributed by atoms with Crippen molar-refractivity contribution in [2.45, 2.75) is 26.9 Å². The molecule has 0 aliphatic heterocycles. The van der Waals surface area contributed by atoms with E-state index in [1.165, 1.54) is 6.92 Å². The Morgan fingerprint density at radius 1 is 1.11 bits per heavy atom. The maximum absolute atomic E-state index is 12.3. The number of carbonyl (C=O) groups excluding carboxylic acids is 2. The summed E-state index contributed by atoms with van der Waals surface area (Å²) < 4.78 is 10.6. The van der Waals surface area contributed by atoms with Crippen LogP contribution in [0.4, 0.5) is 5.69 Å². The SMILES string of the molecule is Cc1ccc2oc(C(=O)O[C@@H](C)C(=O)Nc3cc(Cl)ccc3C)cc(=O)c2c1. The largest absolute Gasteiger partial charge is 0.449 e. The number of hydrogen-bond donors (Lipinski definition) is 1. The summed E-state index contributed by atoms with van der Waals surface area (Å²) >= 11 is 5.94. The van der Waals surface area contributed by atoms with Crippen molar-refractivity contribution in [2.24, 2.45) is 0 Å². The lowest BCUT2D eigenvalue weighted by atomic mass is 10.1. The first-order valence-electron chi connectivity index (χ1n) is 8.57. The second-order valence-corrected chi connectivity index (χ2v) is 6.91. The molecule has 0 saturated heterocycles. The summed E-state index contributed by atoms with van der Waals surface area (Å²) in [5.41, 5.74) is 2.15. The van der Waals surface area contributed by atoms with Crippen LogP contribution in [0.2, 0.25) is 5.02 Å². The maximum atomic E-state index is 12.3. The number of rotatable bonds is 4. The van der Waals surface area contributed by atoms with Gasteiger partial charge in [-0.25, -0.2) is 4.79 Å². The average Bonchev–Trinajstić information content (AvgIpc) is 2.65. The van der Waals surface area contributed by atoms with Gasteiger partial charge < -0.3 is 14.5 Å². The van der Waals surface area contributed by atoms with E-state index in [4.69, 9.17) is 20.8 Å². The van der Waals surface area contributed by atoms with E-state index in [2.05, 4.69) is 5.32 Å². The van der Waals surface area contributed by atoms with Gasteiger partial charge in [0.15, 0.2) is 11.5 Å². The zero-order chi connectivity index (χ0) is 20.4. The van der Waals surface area contributed by atoms with Gasteiger partial charge in [0.1, 0.15) is 5.58 Å². The summed E-state index contributed by atoms with van der Waals surface area (Å²) in [6, 6.07) is 11.2. The smallest absolute Gasteiger partial charge is 0.375 e. The molecule has 0 spiro atoms. The predicted molar refractivity (Wildman–Crippen MR) is 107 cm³/mol. The Balaban J connectivity index is 1.76. The molecule has 0 radical (unpaired) electrons. The molecule has 3 aromatic rings. The number of hydrogen-bond acceptors (Lipinski definition) is 5. The van der Waals surface area contributed by atoms with Gasteiger partial charge in [0.2, 0.25) is 5.76 Å². The highest BCUT2D eigenvalue weighted by Gasteiger charge is 2.22. The molecule has 6 nitrogen and oxygen atoms in total. The van der Waals surface area contributed by atoms with Crippen molar-refractivity contribution in [3.63, 3.8) is 0 Å². The summed E-state index contributed by atoms with van der Waals surface area (Å²) in [7, 11) is 0. The van der Waals surface area contributed by atoms with Gasteiger partial charge in [-0.15, -0.1) is 0 Å². The van der Waals surface area contributed by atoms with Crippen LogP contribution in [0.5, 0.6) is 0 Å². The van der Waals surface area contributed by atoms with Crippen molar-refractivity contribution in [1.82, 2.24) is 0 Å². The Labute approximate surface area is 166 Å². The summed E-state index contributed by atoms with van der Waals surface area (Å²) in [6.07, 6.45) is -1.11. The monoisotopic (exact) mass is 399 g/mol. The maximum Gasteiger partial charge on any atom is 0.375 e. The number of halogens is 1. The summed E-state index contributed by atoms with van der Waals surface area (Å²) in [6.45, 7) is 5.09. The zero-order valence-electron chi connectivity index (χ0n) is 15.5. The van der Waals surface area contributed by atoms with Gasteiger partial charge in [-0.1, -0.05) is 29.3 Å². The van der Waals surface area contributed by atoms with Gasteiger partial charge in [0, 0.05) is 16.8 Å². The van der Waals surface area contributed by atoms with E-state index in [-0.39, 0.29) is 16.8 Å². The Bertz CT molecular complexity index is 1140. The van der Waals surface area contributed by atoms with Crippen LogP contribution in [0.15, 0.2) is 51.7 Å². The Morgan fingerprint density at radius 3 is 2.61 bits per heavy atom. The highest BCUT2D eigenvalue weighted by molar-refractivity contribution is 6.31. The van der Waals surface area contributed by atoms with E-state index in [1.54, 1.807) is 36.4 Å². The molecular formula is C21H18ClNO5. The number of benzene rings is 2. The van der Waals surface area contributed by atoms with Crippen LogP contribution in [0.3, 0.4) is 0 Å². The third-order valence-electron chi connectivity index (χ3n) is 4.19. The van der Waals surface area contributed by atoms with Crippen molar-refractivity contribution in [3.8, 4) is 0 Å². The molecule has 0 bridgehead atoms. The van der Waals surface area contributed by atoms with Crippen molar-refractivity contribution in [2.75, 3.05) is 5.32 Å². The lowest BCUT2D eigenvalue weighted by molar-refractivity contribution is -0.123. The number of anilines is 1. The van der Waals surface area contributed by atoms with Crippen LogP contribution in [0.1, 0.15) is 28.6 Å². The molecule has 1 heterocycles. The highest BCUT2D eigenvalue weighted by atomic mass is 35.5. The van der Waals surface area contributed by atoms with Gasteiger partial charge in [-0.2, -0.15) is 0 Å². The van der Waals surface area contributed by atoms with Crippen LogP contribution in [0, 0.1) is 13.8 Å². The lowest BCUT2D eigenvalue weighted by Crippen LogP contribution is -2.30. The normalized spacial score (nSPS) is 11.9. The molecule has 0 aliphatic carbocycles. The molecule has 1 N–H and O–H groups in total. The van der Waals surface area contributed by atoms with E-state index < -0.39 is 18.0 Å². The van der Waals surface area contributed by atoms with Gasteiger partial charge in [-0.05, 0) is 50.6 Å². The summed E-state index contributed by atoms with van der Waals surface area (Å²) in [5, 5.41) is 3.51. The second kappa shape index (κ2) is 7.86. The van der Waals surface area contributed by atoms with Gasteiger partial charge >= 0.3 is 5.97 Å². The molecule has 0 saturated carbocycles. The fourth-order valence-corrected chi connectivity index (χ4v) is 2.78. The molecule has 2 aromatic carbocycles. The number of esters is 1. The lowest BCUT2D eigenvalue weighted by Gasteiger charge is -2.14. The fraction of sp³-hybridized carbons (Fsp3) is 0.190. The molecule has 28 heavy (non-hydrogen) atoms. The number of aryl methyl sites for hydroxylation is 2. The molecule has 1 amide bonds. The first-order chi connectivity index (χ1) is 13.2. The minimum absolute atomic E-state index is 0.264. The first-order valence-corrected chi connectivity index (χ1v) is 8.95. The van der Waals surface area contributed by atoms with E-state index >= 15 is 0 Å². The summed E-state index contributed by atoms with van der Waals surface area (Å²) in [4.78, 5) is 36.9. The third-order valence-corrected chi connectivity index (χ3v) is 4.43. The number of nitrogens with one attached hydrogen (secondary N) is 1. The van der Waals surface area contributed by atoms with Crippen molar-refractivity contribution in [1.29, 1.82) is 0 Å². The van der Waals surface area contributed by atoms with Gasteiger partial charge in [0.25, 0.3) is 5.91 Å². The zero-order valence-corrected chi connectivity index (χ0v) is 16.3. The first kappa shape index (κ1) is 19.6. The van der Waals surface area contributed by atoms with E-state index in [1.807, 2.05) is 13.8 Å². The van der Waals surface area contributed by atoms with E-state index in [0.717, 1.165) is 17.2 Å². The molecule has 144 valence electrons. The van der Waals surface area contributed by atoms with Crippen molar-refractivity contribution < 1.29 is 18.7 Å². The Hall–Kier alpha value is -3.12. The Morgan fingerprint density at radius 2 is 1.86 bits per heavy atom. The molecule has 0 aliphatic rings. The minimum Gasteiger partial charge on any atom is -0.449 e. The molecule has 7 heteroatoms. The average molecular weight is 400 g/mol. The molecular weight excluding hydrogens is 382 g/mol. The number of ether oxygens (including phenoxy) is 1. The summed E-state index contributed by atoms with van der Waals surface area (Å²) in [5.74, 6) is -1.69. The standard InChI is InChI=1S/C21H18ClNO5/c1-11-4-7-18-15(8-11)17(24)10-19(28-18)21(26)27-13(3)20(25)23-16-9-14(22)6-5-12(16)2/h4-10,13H,1-3H3,(H,23,25)/t13-/m0/s1. The molecule has 0 unspecified atom stereocenters. The molecule has 1 aromatic heterocycles. The van der Waals surface area contributed by atoms with Crippen molar-refractivity contribution in [3.05, 3.63) is 74.6 Å². The number of amides is 1. The van der Waals surface area contributed by atoms with Gasteiger partial charge in [-0.3, -0.25) is 9.59 Å².